The number of hydrogen-bond donors (Lipinski definition) is 1. The fourth-order valence-corrected chi connectivity index (χ4v) is 3.28. The highest BCUT2D eigenvalue weighted by molar-refractivity contribution is 6.42. The number of benzene rings is 1. The molecule has 7 heteroatoms. The summed E-state index contributed by atoms with van der Waals surface area (Å²) < 4.78 is 1.75. The summed E-state index contributed by atoms with van der Waals surface area (Å²) in [6.07, 6.45) is 5.93. The molecule has 5 nitrogen and oxygen atoms in total. The molecule has 0 aliphatic heterocycles. The standard InChI is InChI=1S/C18H14Cl2N4O/c19-13-4-1-3-11(17(13)20)12-9-15(12)23-18(25)14-5-2-6-16(22-14)24-8-7-21-10-24/h1-8,10,12,15H,9H2,(H,23,25)/t12-,15+/m1/s1. The summed E-state index contributed by atoms with van der Waals surface area (Å²) in [4.78, 5) is 20.9. The molecular weight excluding hydrogens is 359 g/mol. The lowest BCUT2D eigenvalue weighted by atomic mass is 10.1. The number of halogens is 2. The summed E-state index contributed by atoms with van der Waals surface area (Å²) in [6, 6.07) is 10.9. The molecule has 0 unspecified atom stereocenters. The third-order valence-corrected chi connectivity index (χ3v) is 5.06. The second kappa shape index (κ2) is 6.50. The number of amides is 1. The molecule has 1 aliphatic rings. The summed E-state index contributed by atoms with van der Waals surface area (Å²) in [6.45, 7) is 0. The zero-order valence-electron chi connectivity index (χ0n) is 13.1. The number of aromatic nitrogens is 3. The van der Waals surface area contributed by atoms with Gasteiger partial charge < -0.3 is 5.32 Å². The second-order valence-electron chi connectivity index (χ2n) is 5.92. The highest BCUT2D eigenvalue weighted by Gasteiger charge is 2.41. The van der Waals surface area contributed by atoms with Gasteiger partial charge in [-0.2, -0.15) is 0 Å². The van der Waals surface area contributed by atoms with Crippen LogP contribution in [-0.2, 0) is 0 Å². The smallest absolute Gasteiger partial charge is 0.270 e. The van der Waals surface area contributed by atoms with E-state index in [-0.39, 0.29) is 17.9 Å². The quantitative estimate of drug-likeness (QED) is 0.756. The third kappa shape index (κ3) is 3.25. The fraction of sp³-hybridized carbons (Fsp3) is 0.167. The van der Waals surface area contributed by atoms with Gasteiger partial charge in [0.05, 0.1) is 10.0 Å². The number of hydrogen-bond acceptors (Lipinski definition) is 3. The first-order chi connectivity index (χ1) is 12.1. The molecule has 0 saturated heterocycles. The number of carbonyl (C=O) groups excluding carboxylic acids is 1. The Morgan fingerprint density at radius 1 is 1.20 bits per heavy atom. The van der Waals surface area contributed by atoms with Gasteiger partial charge >= 0.3 is 0 Å². The maximum atomic E-state index is 12.5. The number of nitrogens with zero attached hydrogens (tertiary/aromatic N) is 3. The van der Waals surface area contributed by atoms with E-state index in [4.69, 9.17) is 23.2 Å². The van der Waals surface area contributed by atoms with Crippen molar-refractivity contribution in [3.63, 3.8) is 0 Å². The Balaban J connectivity index is 1.47. The van der Waals surface area contributed by atoms with Crippen LogP contribution in [0.3, 0.4) is 0 Å². The summed E-state index contributed by atoms with van der Waals surface area (Å²) in [7, 11) is 0. The largest absolute Gasteiger partial charge is 0.347 e. The fourth-order valence-electron chi connectivity index (χ4n) is 2.84. The summed E-state index contributed by atoms with van der Waals surface area (Å²) in [5.74, 6) is 0.634. The van der Waals surface area contributed by atoms with Crippen molar-refractivity contribution in [2.75, 3.05) is 0 Å². The first-order valence-electron chi connectivity index (χ1n) is 7.83. The predicted octanol–water partition coefficient (Wildman–Crippen LogP) is 3.86. The summed E-state index contributed by atoms with van der Waals surface area (Å²) in [5, 5.41) is 4.10. The molecule has 4 rings (SSSR count). The van der Waals surface area contributed by atoms with E-state index in [2.05, 4.69) is 15.3 Å². The molecule has 1 N–H and O–H groups in total. The molecule has 3 aromatic rings. The van der Waals surface area contributed by atoms with Crippen molar-refractivity contribution >= 4 is 29.1 Å². The normalized spacial score (nSPS) is 18.8. The Hall–Kier alpha value is -2.37. The maximum absolute atomic E-state index is 12.5. The Morgan fingerprint density at radius 3 is 2.84 bits per heavy atom. The highest BCUT2D eigenvalue weighted by Crippen LogP contribution is 2.45. The van der Waals surface area contributed by atoms with E-state index in [1.54, 1.807) is 41.5 Å². The van der Waals surface area contributed by atoms with Crippen molar-refractivity contribution in [2.24, 2.45) is 0 Å². The van der Waals surface area contributed by atoms with Crippen LogP contribution in [0.25, 0.3) is 5.82 Å². The van der Waals surface area contributed by atoms with Gasteiger partial charge in [-0.25, -0.2) is 9.97 Å². The molecule has 1 aromatic carbocycles. The van der Waals surface area contributed by atoms with Crippen molar-refractivity contribution in [2.45, 2.75) is 18.4 Å². The zero-order valence-corrected chi connectivity index (χ0v) is 14.6. The minimum absolute atomic E-state index is 0.0437. The lowest BCUT2D eigenvalue weighted by Crippen LogP contribution is -2.27. The summed E-state index contributed by atoms with van der Waals surface area (Å²) in [5.41, 5.74) is 1.34. The molecule has 25 heavy (non-hydrogen) atoms. The minimum atomic E-state index is -0.201. The molecule has 0 bridgehead atoms. The molecule has 1 saturated carbocycles. The molecule has 2 heterocycles. The van der Waals surface area contributed by atoms with Crippen LogP contribution in [-0.4, -0.2) is 26.5 Å². The van der Waals surface area contributed by atoms with Gasteiger partial charge in [-0.15, -0.1) is 0 Å². The van der Waals surface area contributed by atoms with Gasteiger partial charge in [-0.1, -0.05) is 41.4 Å². The average Bonchev–Trinajstić information content (AvgIpc) is 3.15. The maximum Gasteiger partial charge on any atom is 0.270 e. The van der Waals surface area contributed by atoms with Gasteiger partial charge in [-0.05, 0) is 30.2 Å². The van der Waals surface area contributed by atoms with Crippen molar-refractivity contribution < 1.29 is 4.79 Å². The van der Waals surface area contributed by atoms with Crippen molar-refractivity contribution in [3.8, 4) is 5.82 Å². The van der Waals surface area contributed by atoms with Gasteiger partial charge in [0.1, 0.15) is 17.8 Å². The van der Waals surface area contributed by atoms with Gasteiger partial charge in [0.2, 0.25) is 0 Å². The number of nitrogens with one attached hydrogen (secondary N) is 1. The van der Waals surface area contributed by atoms with Crippen LogP contribution in [0.15, 0.2) is 55.1 Å². The van der Waals surface area contributed by atoms with Gasteiger partial charge in [0, 0.05) is 24.4 Å². The Kier molecular flexibility index (Phi) is 4.19. The topological polar surface area (TPSA) is 59.8 Å². The lowest BCUT2D eigenvalue weighted by molar-refractivity contribution is 0.0945. The average molecular weight is 373 g/mol. The molecule has 126 valence electrons. The summed E-state index contributed by atoms with van der Waals surface area (Å²) >= 11 is 12.3. The number of pyridine rings is 1. The Labute approximate surface area is 154 Å². The van der Waals surface area contributed by atoms with Crippen LogP contribution in [0.1, 0.15) is 28.4 Å². The monoisotopic (exact) mass is 372 g/mol. The van der Waals surface area contributed by atoms with Crippen LogP contribution >= 0.6 is 23.2 Å². The number of carbonyl (C=O) groups is 1. The van der Waals surface area contributed by atoms with Gasteiger partial charge in [0.25, 0.3) is 5.91 Å². The van der Waals surface area contributed by atoms with Crippen LogP contribution in [0.4, 0.5) is 0 Å². The van der Waals surface area contributed by atoms with Crippen LogP contribution in [0, 0.1) is 0 Å². The third-order valence-electron chi connectivity index (χ3n) is 4.22. The van der Waals surface area contributed by atoms with Crippen LogP contribution in [0.5, 0.6) is 0 Å². The predicted molar refractivity (Wildman–Crippen MR) is 96.4 cm³/mol. The first-order valence-corrected chi connectivity index (χ1v) is 8.59. The number of rotatable bonds is 4. The van der Waals surface area contributed by atoms with Crippen molar-refractivity contribution in [1.82, 2.24) is 19.9 Å². The van der Waals surface area contributed by atoms with E-state index in [1.165, 1.54) is 0 Å². The van der Waals surface area contributed by atoms with E-state index in [1.807, 2.05) is 18.2 Å². The van der Waals surface area contributed by atoms with Gasteiger partial charge in [-0.3, -0.25) is 9.36 Å². The molecule has 0 spiro atoms. The van der Waals surface area contributed by atoms with E-state index in [9.17, 15) is 4.79 Å². The molecule has 2 atom stereocenters. The highest BCUT2D eigenvalue weighted by atomic mass is 35.5. The Bertz CT molecular complexity index is 927. The molecular formula is C18H14Cl2N4O. The first kappa shape index (κ1) is 16.1. The van der Waals surface area contributed by atoms with Crippen molar-refractivity contribution in [1.29, 1.82) is 0 Å². The molecule has 2 aromatic heterocycles. The zero-order chi connectivity index (χ0) is 17.4. The molecule has 1 fully saturated rings. The van der Waals surface area contributed by atoms with E-state index >= 15 is 0 Å². The van der Waals surface area contributed by atoms with E-state index < -0.39 is 0 Å². The van der Waals surface area contributed by atoms with Gasteiger partial charge in [0.15, 0.2) is 0 Å². The molecule has 1 aliphatic carbocycles. The van der Waals surface area contributed by atoms with E-state index in [0.29, 0.717) is 21.6 Å². The SMILES string of the molecule is O=C(N[C@H]1C[C@@H]1c1cccc(Cl)c1Cl)c1cccc(-n2ccnc2)n1. The molecule has 0 radical (unpaired) electrons. The minimum Gasteiger partial charge on any atom is -0.347 e. The molecule has 1 amide bonds. The lowest BCUT2D eigenvalue weighted by Gasteiger charge is -2.08. The number of imidazole rings is 1. The van der Waals surface area contributed by atoms with E-state index in [0.717, 1.165) is 12.0 Å². The van der Waals surface area contributed by atoms with Crippen LogP contribution in [0.2, 0.25) is 10.0 Å². The van der Waals surface area contributed by atoms with Crippen LogP contribution < -0.4 is 5.32 Å². The second-order valence-corrected chi connectivity index (χ2v) is 6.70. The van der Waals surface area contributed by atoms with Crippen molar-refractivity contribution in [3.05, 3.63) is 76.4 Å². The Morgan fingerprint density at radius 2 is 2.04 bits per heavy atom.